The van der Waals surface area contributed by atoms with Gasteiger partial charge >= 0.3 is 10.2 Å². The molecule has 0 aliphatic rings. The molecule has 0 fully saturated rings. The molecular formula is C14H13F5N2OS2. The Labute approximate surface area is 139 Å². The summed E-state index contributed by atoms with van der Waals surface area (Å²) in [6.07, 6.45) is 1.15. The fourth-order valence-electron chi connectivity index (χ4n) is 1.84. The number of hydrogen-bond acceptors (Lipinski definition) is 3. The molecule has 0 aliphatic carbocycles. The molecule has 0 bridgehead atoms. The standard InChI is InChI=1S/C14H13F5N2OS2/c1-3-14(22)21(2)8-13-20-12(9-23-13)10-4-6-11(7-5-10)24(15,16,17,18)19/h3-7,9H,1,8H2,2H3. The quantitative estimate of drug-likeness (QED) is 0.496. The molecule has 0 aliphatic heterocycles. The van der Waals surface area contributed by atoms with Crippen LogP contribution in [0.2, 0.25) is 0 Å². The summed E-state index contributed by atoms with van der Waals surface area (Å²) in [6.45, 7) is 3.56. The fourth-order valence-corrected chi connectivity index (χ4v) is 3.34. The lowest BCUT2D eigenvalue weighted by molar-refractivity contribution is -0.125. The third kappa shape index (κ3) is 4.32. The van der Waals surface area contributed by atoms with Crippen LogP contribution in [0.1, 0.15) is 5.01 Å². The van der Waals surface area contributed by atoms with Crippen LogP contribution in [0.5, 0.6) is 0 Å². The minimum atomic E-state index is -9.67. The van der Waals surface area contributed by atoms with Crippen molar-refractivity contribution in [2.45, 2.75) is 11.4 Å². The van der Waals surface area contributed by atoms with E-state index in [1.54, 1.807) is 12.4 Å². The zero-order valence-corrected chi connectivity index (χ0v) is 14.0. The van der Waals surface area contributed by atoms with E-state index < -0.39 is 15.1 Å². The molecule has 0 unspecified atom stereocenters. The predicted octanol–water partition coefficient (Wildman–Crippen LogP) is 5.61. The van der Waals surface area contributed by atoms with E-state index in [-0.39, 0.29) is 18.0 Å². The van der Waals surface area contributed by atoms with Gasteiger partial charge in [-0.2, -0.15) is 0 Å². The van der Waals surface area contributed by atoms with Gasteiger partial charge in [-0.3, -0.25) is 4.79 Å². The Morgan fingerprint density at radius 2 is 1.83 bits per heavy atom. The second-order valence-electron chi connectivity index (χ2n) is 5.02. The van der Waals surface area contributed by atoms with Gasteiger partial charge < -0.3 is 4.90 Å². The van der Waals surface area contributed by atoms with Crippen LogP contribution < -0.4 is 0 Å². The number of amides is 1. The first kappa shape index (κ1) is 18.4. The molecule has 0 N–H and O–H groups in total. The first-order valence-electron chi connectivity index (χ1n) is 6.46. The van der Waals surface area contributed by atoms with Crippen molar-refractivity contribution < 1.29 is 24.2 Å². The van der Waals surface area contributed by atoms with Crippen molar-refractivity contribution in [2.75, 3.05) is 7.05 Å². The summed E-state index contributed by atoms with van der Waals surface area (Å²) in [7, 11) is -8.12. The molecule has 2 rings (SSSR count). The zero-order chi connectivity index (χ0) is 18.2. The summed E-state index contributed by atoms with van der Waals surface area (Å²) >= 11 is 1.21. The highest BCUT2D eigenvalue weighted by Gasteiger charge is 2.65. The van der Waals surface area contributed by atoms with Gasteiger partial charge in [0.15, 0.2) is 0 Å². The highest BCUT2D eigenvalue weighted by atomic mass is 32.5. The molecule has 24 heavy (non-hydrogen) atoms. The molecule has 1 amide bonds. The summed E-state index contributed by atoms with van der Waals surface area (Å²) < 4.78 is 63.4. The monoisotopic (exact) mass is 384 g/mol. The lowest BCUT2D eigenvalue weighted by atomic mass is 10.2. The van der Waals surface area contributed by atoms with Crippen molar-refractivity contribution in [1.29, 1.82) is 0 Å². The summed E-state index contributed by atoms with van der Waals surface area (Å²) in [5.41, 5.74) is 0.629. The van der Waals surface area contributed by atoms with Gasteiger partial charge in [0, 0.05) is 18.0 Å². The Bertz CT molecular complexity index is 784. The molecule has 0 saturated heterocycles. The van der Waals surface area contributed by atoms with Gasteiger partial charge in [-0.1, -0.05) is 38.1 Å². The van der Waals surface area contributed by atoms with Crippen LogP contribution >= 0.6 is 21.6 Å². The highest BCUT2D eigenvalue weighted by molar-refractivity contribution is 8.45. The minimum Gasteiger partial charge on any atom is -0.335 e. The lowest BCUT2D eigenvalue weighted by Gasteiger charge is -2.40. The molecule has 1 aromatic heterocycles. The summed E-state index contributed by atoms with van der Waals surface area (Å²) in [5.74, 6) is -0.299. The van der Waals surface area contributed by atoms with Crippen molar-refractivity contribution in [2.24, 2.45) is 0 Å². The number of halogens is 5. The summed E-state index contributed by atoms with van der Waals surface area (Å²) in [4.78, 5) is 15.0. The average molecular weight is 384 g/mol. The predicted molar refractivity (Wildman–Crippen MR) is 85.6 cm³/mol. The molecule has 10 heteroatoms. The van der Waals surface area contributed by atoms with E-state index in [0.29, 0.717) is 22.8 Å². The van der Waals surface area contributed by atoms with Crippen molar-refractivity contribution in [1.82, 2.24) is 9.88 Å². The number of carbonyl (C=O) groups excluding carboxylic acids is 1. The van der Waals surface area contributed by atoms with E-state index in [0.717, 1.165) is 18.2 Å². The van der Waals surface area contributed by atoms with Gasteiger partial charge in [0.25, 0.3) is 0 Å². The lowest BCUT2D eigenvalue weighted by Crippen LogP contribution is -2.23. The van der Waals surface area contributed by atoms with E-state index in [1.807, 2.05) is 0 Å². The second-order valence-corrected chi connectivity index (χ2v) is 8.37. The Morgan fingerprint density at radius 1 is 1.25 bits per heavy atom. The minimum absolute atomic E-state index is 0.207. The fraction of sp³-hybridized carbons (Fsp3) is 0.143. The molecule has 1 aromatic carbocycles. The topological polar surface area (TPSA) is 33.2 Å². The first-order valence-corrected chi connectivity index (χ1v) is 9.30. The maximum absolute atomic E-state index is 12.7. The Hall–Kier alpha value is -1.94. The number of nitrogens with zero attached hydrogens (tertiary/aromatic N) is 2. The van der Waals surface area contributed by atoms with Crippen molar-refractivity contribution in [3.05, 3.63) is 47.3 Å². The largest absolute Gasteiger partial charge is 0.335 e. The number of carbonyl (C=O) groups is 1. The van der Waals surface area contributed by atoms with Crippen LogP contribution in [0.3, 0.4) is 0 Å². The second kappa shape index (κ2) is 5.28. The van der Waals surface area contributed by atoms with Gasteiger partial charge in [-0.25, -0.2) is 4.98 Å². The molecule has 0 atom stereocenters. The van der Waals surface area contributed by atoms with Gasteiger partial charge in [-0.15, -0.1) is 11.3 Å². The average Bonchev–Trinajstić information content (AvgIpc) is 2.92. The molecule has 0 spiro atoms. The molecular weight excluding hydrogens is 371 g/mol. The molecule has 1 heterocycles. The van der Waals surface area contributed by atoms with E-state index in [2.05, 4.69) is 11.6 Å². The van der Waals surface area contributed by atoms with Gasteiger partial charge in [0.05, 0.1) is 12.2 Å². The SMILES string of the molecule is C=CC(=O)N(C)Cc1nc(-c2ccc(S(F)(F)(F)(F)F)cc2)cs1. The van der Waals surface area contributed by atoms with Crippen LogP contribution in [0.25, 0.3) is 11.3 Å². The Morgan fingerprint density at radius 3 is 2.33 bits per heavy atom. The molecule has 0 radical (unpaired) electrons. The Balaban J connectivity index is 2.23. The highest BCUT2D eigenvalue weighted by Crippen LogP contribution is 3.02. The van der Waals surface area contributed by atoms with Crippen LogP contribution in [0, 0.1) is 0 Å². The first-order chi connectivity index (χ1) is 10.8. The van der Waals surface area contributed by atoms with Crippen LogP contribution in [0.4, 0.5) is 19.4 Å². The zero-order valence-electron chi connectivity index (χ0n) is 12.4. The van der Waals surface area contributed by atoms with Gasteiger partial charge in [0.1, 0.15) is 9.90 Å². The number of thiazole rings is 1. The Kier molecular flexibility index (Phi) is 4.05. The van der Waals surface area contributed by atoms with Crippen LogP contribution in [-0.2, 0) is 11.3 Å². The van der Waals surface area contributed by atoms with Crippen LogP contribution in [0.15, 0.2) is 47.2 Å². The van der Waals surface area contributed by atoms with Gasteiger partial charge in [0.2, 0.25) is 5.91 Å². The number of rotatable bonds is 5. The summed E-state index contributed by atoms with van der Waals surface area (Å²) in [6, 6.07) is 2.60. The van der Waals surface area contributed by atoms with E-state index in [4.69, 9.17) is 0 Å². The smallest absolute Gasteiger partial charge is 0.310 e. The molecule has 0 saturated carbocycles. The normalized spacial score (nSPS) is 14.6. The number of aromatic nitrogens is 1. The molecule has 132 valence electrons. The van der Waals surface area contributed by atoms with Crippen molar-refractivity contribution in [3.8, 4) is 11.3 Å². The third-order valence-corrected chi connectivity index (χ3v) is 5.07. The third-order valence-electron chi connectivity index (χ3n) is 3.07. The number of benzene rings is 1. The van der Waals surface area contributed by atoms with E-state index >= 15 is 0 Å². The molecule has 3 nitrogen and oxygen atoms in total. The van der Waals surface area contributed by atoms with E-state index in [1.165, 1.54) is 16.2 Å². The van der Waals surface area contributed by atoms with Crippen molar-refractivity contribution in [3.63, 3.8) is 0 Å². The van der Waals surface area contributed by atoms with Crippen LogP contribution in [-0.4, -0.2) is 22.8 Å². The molecule has 2 aromatic rings. The maximum Gasteiger partial charge on any atom is 0.310 e. The maximum atomic E-state index is 12.7. The number of likely N-dealkylation sites (N-methyl/N-ethyl adjacent to an activating group) is 1. The van der Waals surface area contributed by atoms with Gasteiger partial charge in [-0.05, 0) is 18.2 Å². The van der Waals surface area contributed by atoms with Crippen molar-refractivity contribution >= 4 is 27.5 Å². The summed E-state index contributed by atoms with van der Waals surface area (Å²) in [5, 5.41) is 2.13. The van der Waals surface area contributed by atoms with E-state index in [9.17, 15) is 24.2 Å². The number of hydrogen-bond donors (Lipinski definition) is 0.